The molecule has 27 heteroatoms. The van der Waals surface area contributed by atoms with E-state index in [2.05, 4.69) is 76.4 Å². The van der Waals surface area contributed by atoms with Crippen molar-refractivity contribution >= 4 is 88.8 Å². The lowest BCUT2D eigenvalue weighted by molar-refractivity contribution is -0.142. The third-order valence-corrected chi connectivity index (χ3v) is 8.58. The molecule has 0 saturated heterocycles. The zero-order valence-electron chi connectivity index (χ0n) is 32.3. The number of hydrogen-bond acceptors (Lipinski definition) is 17. The molecule has 26 nitrogen and oxygen atoms in total. The van der Waals surface area contributed by atoms with Crippen molar-refractivity contribution in [2.24, 2.45) is 0 Å². The molecule has 4 atom stereocenters. The van der Waals surface area contributed by atoms with Crippen molar-refractivity contribution < 1.29 is 63.6 Å². The van der Waals surface area contributed by atoms with Crippen molar-refractivity contribution in [3.05, 3.63) is 64.3 Å². The summed E-state index contributed by atoms with van der Waals surface area (Å²) in [6.45, 7) is 2.17. The van der Waals surface area contributed by atoms with Gasteiger partial charge in [-0.15, -0.1) is 0 Å². The molecule has 0 bridgehead atoms. The van der Waals surface area contributed by atoms with Gasteiger partial charge in [-0.3, -0.25) is 43.3 Å². The number of fused-ring (bicyclic) bond motifs is 1. The van der Waals surface area contributed by atoms with Crippen LogP contribution in [0.1, 0.15) is 41.7 Å². The predicted molar refractivity (Wildman–Crippen MR) is 216 cm³/mol. The maximum atomic E-state index is 12.9. The summed E-state index contributed by atoms with van der Waals surface area (Å²) >= 11 is 3.78. The molecule has 0 aliphatic heterocycles. The summed E-state index contributed by atoms with van der Waals surface area (Å²) in [4.78, 5) is 136. The number of carbonyl (C=O) groups excluding carboxylic acids is 5. The molecule has 2 aromatic heterocycles. The summed E-state index contributed by atoms with van der Waals surface area (Å²) in [6.07, 6.45) is -0.859. The lowest BCUT2D eigenvalue weighted by atomic mass is 10.1. The van der Waals surface area contributed by atoms with Crippen molar-refractivity contribution in [3.8, 4) is 0 Å². The van der Waals surface area contributed by atoms with Gasteiger partial charge in [-0.1, -0.05) is 6.58 Å². The van der Waals surface area contributed by atoms with Gasteiger partial charge in [-0.05, 0) is 37.1 Å². The fourth-order valence-electron chi connectivity index (χ4n) is 5.15. The highest BCUT2D eigenvalue weighted by Gasteiger charge is 2.28. The van der Waals surface area contributed by atoms with Gasteiger partial charge >= 0.3 is 23.9 Å². The zero-order valence-corrected chi connectivity index (χ0v) is 33.2. The Balaban J connectivity index is 1.51. The Kier molecular flexibility index (Phi) is 18.1. The lowest BCUT2D eigenvalue weighted by Crippen LogP contribution is -2.53. The highest BCUT2D eigenvalue weighted by molar-refractivity contribution is 7.80. The van der Waals surface area contributed by atoms with Crippen LogP contribution in [0.5, 0.6) is 0 Å². The molecule has 332 valence electrons. The minimum Gasteiger partial charge on any atom is -0.481 e. The number of carbonyl (C=O) groups is 9. The number of nitrogen functional groups attached to an aromatic ring is 1. The molecule has 0 radical (unpaired) electrons. The molecule has 0 spiro atoms. The molecule has 62 heavy (non-hydrogen) atoms. The average Bonchev–Trinajstić information content (AvgIpc) is 3.20. The highest BCUT2D eigenvalue weighted by atomic mass is 32.1. The van der Waals surface area contributed by atoms with Crippen LogP contribution < -0.4 is 48.5 Å². The third kappa shape index (κ3) is 15.7. The number of nitrogens with one attached hydrogen (secondary N) is 8. The van der Waals surface area contributed by atoms with E-state index in [1.165, 1.54) is 18.3 Å². The number of hydrogen-bond donors (Lipinski definition) is 14. The van der Waals surface area contributed by atoms with Gasteiger partial charge in [0.05, 0.1) is 44.4 Å². The molecule has 0 aliphatic carbocycles. The molecule has 1 aromatic carbocycles. The molecular weight excluding hydrogens is 845 g/mol. The number of carboxylic acids is 4. The fourth-order valence-corrected chi connectivity index (χ4v) is 5.40. The van der Waals surface area contributed by atoms with Gasteiger partial charge in [0.1, 0.15) is 24.2 Å². The smallest absolute Gasteiger partial charge is 0.327 e. The van der Waals surface area contributed by atoms with Gasteiger partial charge in [0.2, 0.25) is 29.6 Å². The maximum Gasteiger partial charge on any atom is 0.327 e. The Morgan fingerprint density at radius 3 is 1.84 bits per heavy atom. The number of aromatic amines is 1. The lowest BCUT2D eigenvalue weighted by Gasteiger charge is -2.21. The molecule has 0 fully saturated rings. The Labute approximate surface area is 354 Å². The first-order valence-electron chi connectivity index (χ1n) is 18.0. The largest absolute Gasteiger partial charge is 0.481 e. The van der Waals surface area contributed by atoms with Crippen molar-refractivity contribution in [1.82, 2.24) is 51.8 Å². The van der Waals surface area contributed by atoms with E-state index in [1.807, 2.05) is 0 Å². The molecule has 3 rings (SSSR count). The SMILES string of the molecule is C=C(CC[C@@H](NC(=O)c1ccc(NCc2cnc3nc(N)[nH]c(=O)c3n2)cc1)C(=O)O)N[C@H](CC(=O)O)C(=O)NCC(=O)NC(CC(=O)O)C(=O)NCC(=O)NC(CS)C(=O)O. The van der Waals surface area contributed by atoms with E-state index in [1.54, 1.807) is 12.1 Å². The average molecular weight is 887 g/mol. The van der Waals surface area contributed by atoms with E-state index in [4.69, 9.17) is 10.8 Å². The maximum absolute atomic E-state index is 12.9. The Hall–Kier alpha value is -7.84. The van der Waals surface area contributed by atoms with E-state index >= 15 is 0 Å². The number of thiol groups is 1. The predicted octanol–water partition coefficient (Wildman–Crippen LogP) is -3.49. The normalized spacial score (nSPS) is 12.6. The summed E-state index contributed by atoms with van der Waals surface area (Å²) in [5.74, 6) is -11.2. The van der Waals surface area contributed by atoms with Crippen LogP contribution in [-0.4, -0.2) is 137 Å². The Bertz CT molecular complexity index is 2270. The number of amides is 5. The zero-order chi connectivity index (χ0) is 46.1. The van der Waals surface area contributed by atoms with Crippen LogP contribution in [0.25, 0.3) is 11.2 Å². The van der Waals surface area contributed by atoms with Gasteiger partial charge in [-0.2, -0.15) is 17.6 Å². The monoisotopic (exact) mass is 886 g/mol. The summed E-state index contributed by atoms with van der Waals surface area (Å²) in [6, 6.07) is -0.240. The molecule has 2 unspecified atom stereocenters. The summed E-state index contributed by atoms with van der Waals surface area (Å²) < 4.78 is 0. The van der Waals surface area contributed by atoms with Crippen molar-refractivity contribution in [1.29, 1.82) is 0 Å². The molecule has 2 heterocycles. The van der Waals surface area contributed by atoms with Crippen LogP contribution in [0.2, 0.25) is 0 Å². The third-order valence-electron chi connectivity index (χ3n) is 8.21. The second-order valence-electron chi connectivity index (χ2n) is 13.0. The van der Waals surface area contributed by atoms with Crippen LogP contribution in [0.4, 0.5) is 11.6 Å². The van der Waals surface area contributed by atoms with Crippen molar-refractivity contribution in [3.63, 3.8) is 0 Å². The summed E-state index contributed by atoms with van der Waals surface area (Å²) in [7, 11) is 0. The summed E-state index contributed by atoms with van der Waals surface area (Å²) in [5, 5.41) is 53.6. The summed E-state index contributed by atoms with van der Waals surface area (Å²) in [5.41, 5.74) is 6.04. The number of H-pyrrole nitrogens is 1. The van der Waals surface area contributed by atoms with Crippen LogP contribution in [-0.2, 0) is 44.9 Å². The molecule has 5 amide bonds. The number of carboxylic acid groups (broad SMARTS) is 4. The molecule has 14 N–H and O–H groups in total. The number of rotatable bonds is 25. The minimum absolute atomic E-state index is 0.00772. The van der Waals surface area contributed by atoms with Gasteiger partial charge in [0, 0.05) is 22.7 Å². The first-order chi connectivity index (χ1) is 29.3. The van der Waals surface area contributed by atoms with Crippen LogP contribution in [0, 0.1) is 0 Å². The topological polar surface area (TPSA) is 416 Å². The van der Waals surface area contributed by atoms with E-state index in [0.717, 1.165) is 0 Å². The van der Waals surface area contributed by atoms with E-state index < -0.39 is 109 Å². The number of nitrogens with two attached hydrogens (primary N) is 1. The van der Waals surface area contributed by atoms with Crippen molar-refractivity contribution in [2.45, 2.75) is 56.4 Å². The quantitative estimate of drug-likeness (QED) is 0.0367. The first-order valence-corrected chi connectivity index (χ1v) is 18.6. The van der Waals surface area contributed by atoms with Gasteiger partial charge < -0.3 is 63.4 Å². The number of aliphatic carboxylic acids is 4. The standard InChI is InChI=1S/C35H42N12O14S/c1-15(41-20(8-25(50)51)30(55)39-12-23(48)43-21(9-26(52)53)31(56)40-13-24(49)44-22(14-62)34(60)61)2-7-19(33(58)59)45-29(54)16-3-5-17(6-4-16)37-10-18-11-38-28-27(42-18)32(57)47-35(36)46-28/h3-6,11,19-22,37,41,62H,1-2,7-10,12-14H2,(H,39,55)(H,40,56)(H,43,48)(H,44,49)(H,45,54)(H,50,51)(H,52,53)(H,58,59)(H,60,61)(H3,36,38,46,47,57)/t19-,20-,21?,22?/m1/s1. The molecule has 0 saturated carbocycles. The molecular formula is C35H42N12O14S. The van der Waals surface area contributed by atoms with Crippen molar-refractivity contribution in [2.75, 3.05) is 29.9 Å². The number of anilines is 2. The van der Waals surface area contributed by atoms with E-state index in [9.17, 15) is 63.3 Å². The van der Waals surface area contributed by atoms with Crippen LogP contribution >= 0.6 is 12.6 Å². The van der Waals surface area contributed by atoms with Gasteiger partial charge in [0.25, 0.3) is 11.5 Å². The number of allylic oxidation sites excluding steroid dienone is 1. The molecule has 0 aliphatic rings. The molecule has 3 aromatic rings. The van der Waals surface area contributed by atoms with Gasteiger partial charge in [-0.25, -0.2) is 19.6 Å². The Morgan fingerprint density at radius 2 is 1.31 bits per heavy atom. The first kappa shape index (κ1) is 48.5. The fraction of sp³-hybridized carbons (Fsp3) is 0.343. The second-order valence-corrected chi connectivity index (χ2v) is 13.4. The Morgan fingerprint density at radius 1 is 0.758 bits per heavy atom. The number of aromatic nitrogens is 4. The minimum atomic E-state index is -1.76. The number of benzene rings is 1. The highest BCUT2D eigenvalue weighted by Crippen LogP contribution is 2.13. The number of nitrogens with zero attached hydrogens (tertiary/aromatic N) is 3. The van der Waals surface area contributed by atoms with Crippen LogP contribution in [0.15, 0.2) is 47.5 Å². The second kappa shape index (κ2) is 23.1. The van der Waals surface area contributed by atoms with Gasteiger partial charge in [0.15, 0.2) is 11.2 Å². The van der Waals surface area contributed by atoms with Crippen LogP contribution in [0.3, 0.4) is 0 Å². The van der Waals surface area contributed by atoms with E-state index in [-0.39, 0.29) is 53.5 Å². The van der Waals surface area contributed by atoms with E-state index in [0.29, 0.717) is 11.4 Å².